The van der Waals surface area contributed by atoms with Gasteiger partial charge in [-0.3, -0.25) is 4.79 Å². The minimum absolute atomic E-state index is 0.0711. The van der Waals surface area contributed by atoms with Gasteiger partial charge in [-0.15, -0.1) is 0 Å². The number of carbonyl (C=O) groups is 1. The van der Waals surface area contributed by atoms with Crippen molar-refractivity contribution in [2.75, 3.05) is 18.4 Å². The van der Waals surface area contributed by atoms with Crippen molar-refractivity contribution in [3.05, 3.63) is 65.5 Å². The Morgan fingerprint density at radius 3 is 2.54 bits per heavy atom. The fourth-order valence-corrected chi connectivity index (χ4v) is 3.18. The van der Waals surface area contributed by atoms with Crippen LogP contribution in [0.5, 0.6) is 0 Å². The van der Waals surface area contributed by atoms with Crippen molar-refractivity contribution in [3.63, 3.8) is 0 Å². The van der Waals surface area contributed by atoms with Gasteiger partial charge >= 0.3 is 0 Å². The summed E-state index contributed by atoms with van der Waals surface area (Å²) in [6.07, 6.45) is 3.41. The number of amides is 1. The zero-order valence-corrected chi connectivity index (χ0v) is 13.9. The predicted octanol–water partition coefficient (Wildman–Crippen LogP) is 3.78. The molecule has 3 nitrogen and oxygen atoms in total. The lowest BCUT2D eigenvalue weighted by Crippen LogP contribution is -2.46. The summed E-state index contributed by atoms with van der Waals surface area (Å²) in [5.41, 5.74) is 2.59. The Bertz CT molecular complexity index is 711. The molecule has 0 aliphatic heterocycles. The van der Waals surface area contributed by atoms with E-state index < -0.39 is 0 Å². The highest BCUT2D eigenvalue weighted by Gasteiger charge is 2.38. The summed E-state index contributed by atoms with van der Waals surface area (Å²) in [5, 5.41) is 6.00. The average Bonchev–Trinajstić information content (AvgIpc) is 2.56. The van der Waals surface area contributed by atoms with E-state index in [1.807, 2.05) is 18.2 Å². The van der Waals surface area contributed by atoms with Crippen molar-refractivity contribution >= 4 is 11.6 Å². The van der Waals surface area contributed by atoms with E-state index in [2.05, 4.69) is 22.8 Å². The summed E-state index contributed by atoms with van der Waals surface area (Å²) in [5.74, 6) is -0.337. The highest BCUT2D eigenvalue weighted by atomic mass is 19.1. The lowest BCUT2D eigenvalue weighted by Gasteiger charge is -2.42. The molecule has 2 aromatic rings. The molecule has 24 heavy (non-hydrogen) atoms. The molecule has 0 radical (unpaired) electrons. The van der Waals surface area contributed by atoms with E-state index in [1.54, 1.807) is 19.1 Å². The van der Waals surface area contributed by atoms with Crippen molar-refractivity contribution in [1.82, 2.24) is 5.32 Å². The minimum atomic E-state index is -0.266. The number of anilines is 1. The molecule has 0 aromatic heterocycles. The van der Waals surface area contributed by atoms with E-state index in [0.29, 0.717) is 17.8 Å². The Morgan fingerprint density at radius 1 is 1.17 bits per heavy atom. The molecule has 0 atom stereocenters. The summed E-state index contributed by atoms with van der Waals surface area (Å²) in [6.45, 7) is 2.51. The second kappa shape index (κ2) is 7.04. The summed E-state index contributed by atoms with van der Waals surface area (Å²) in [7, 11) is 0. The predicted molar refractivity (Wildman–Crippen MR) is 94.6 cm³/mol. The molecule has 3 rings (SSSR count). The standard InChI is InChI=1S/C20H23FN2O/c1-15-8-9-17(12-18(15)21)22-13-19(24)23-14-20(10-5-11-20)16-6-3-2-4-7-16/h2-4,6-9,12,22H,5,10-11,13-14H2,1H3,(H,23,24). The molecule has 1 aliphatic rings. The second-order valence-electron chi connectivity index (χ2n) is 6.59. The molecule has 0 bridgehead atoms. The lowest BCUT2D eigenvalue weighted by atomic mass is 9.64. The molecule has 0 spiro atoms. The van der Waals surface area contributed by atoms with Crippen LogP contribution in [0.2, 0.25) is 0 Å². The van der Waals surface area contributed by atoms with Gasteiger partial charge in [0.25, 0.3) is 0 Å². The first-order valence-corrected chi connectivity index (χ1v) is 8.41. The topological polar surface area (TPSA) is 41.1 Å². The summed E-state index contributed by atoms with van der Waals surface area (Å²) >= 11 is 0. The molecule has 0 heterocycles. The Kier molecular flexibility index (Phi) is 4.84. The van der Waals surface area contributed by atoms with Gasteiger partial charge in [0, 0.05) is 17.6 Å². The molecule has 1 aliphatic carbocycles. The monoisotopic (exact) mass is 326 g/mol. The minimum Gasteiger partial charge on any atom is -0.376 e. The zero-order chi connectivity index (χ0) is 17.0. The molecule has 1 fully saturated rings. The van der Waals surface area contributed by atoms with Crippen LogP contribution >= 0.6 is 0 Å². The first kappa shape index (κ1) is 16.5. The highest BCUT2D eigenvalue weighted by molar-refractivity contribution is 5.80. The van der Waals surface area contributed by atoms with Crippen LogP contribution < -0.4 is 10.6 Å². The van der Waals surface area contributed by atoms with Gasteiger partial charge < -0.3 is 10.6 Å². The van der Waals surface area contributed by atoms with E-state index >= 15 is 0 Å². The maximum atomic E-state index is 13.5. The van der Waals surface area contributed by atoms with Crippen molar-refractivity contribution in [1.29, 1.82) is 0 Å². The van der Waals surface area contributed by atoms with Crippen LogP contribution in [0.3, 0.4) is 0 Å². The number of halogens is 1. The Labute approximate surface area is 142 Å². The number of hydrogen-bond acceptors (Lipinski definition) is 2. The van der Waals surface area contributed by atoms with Crippen LogP contribution in [-0.2, 0) is 10.2 Å². The molecule has 4 heteroatoms. The number of carbonyl (C=O) groups excluding carboxylic acids is 1. The van der Waals surface area contributed by atoms with Crippen molar-refractivity contribution in [2.24, 2.45) is 0 Å². The highest BCUT2D eigenvalue weighted by Crippen LogP contribution is 2.43. The van der Waals surface area contributed by atoms with Gasteiger partial charge in [0.05, 0.1) is 6.54 Å². The van der Waals surface area contributed by atoms with Crippen LogP contribution in [0.1, 0.15) is 30.4 Å². The fourth-order valence-electron chi connectivity index (χ4n) is 3.18. The third kappa shape index (κ3) is 3.58. The number of rotatable bonds is 6. The van der Waals surface area contributed by atoms with E-state index in [-0.39, 0.29) is 23.7 Å². The Hall–Kier alpha value is -2.36. The molecular formula is C20H23FN2O. The van der Waals surface area contributed by atoms with Crippen LogP contribution in [-0.4, -0.2) is 19.0 Å². The first-order valence-electron chi connectivity index (χ1n) is 8.41. The van der Waals surface area contributed by atoms with Crippen LogP contribution in [0.4, 0.5) is 10.1 Å². The maximum absolute atomic E-state index is 13.5. The van der Waals surface area contributed by atoms with Crippen molar-refractivity contribution in [3.8, 4) is 0 Å². The Morgan fingerprint density at radius 2 is 1.92 bits per heavy atom. The van der Waals surface area contributed by atoms with Crippen LogP contribution in [0.25, 0.3) is 0 Å². The first-order chi connectivity index (χ1) is 11.6. The molecule has 2 aromatic carbocycles. The summed E-state index contributed by atoms with van der Waals surface area (Å²) in [6, 6.07) is 15.3. The number of benzene rings is 2. The van der Waals surface area contributed by atoms with E-state index in [1.165, 1.54) is 18.1 Å². The molecule has 126 valence electrons. The van der Waals surface area contributed by atoms with Gasteiger partial charge in [0.2, 0.25) is 5.91 Å². The number of aryl methyl sites for hydroxylation is 1. The van der Waals surface area contributed by atoms with Crippen LogP contribution in [0.15, 0.2) is 48.5 Å². The molecule has 2 N–H and O–H groups in total. The smallest absolute Gasteiger partial charge is 0.239 e. The van der Waals surface area contributed by atoms with Crippen LogP contribution in [0, 0.1) is 12.7 Å². The quantitative estimate of drug-likeness (QED) is 0.848. The summed E-state index contributed by atoms with van der Waals surface area (Å²) in [4.78, 5) is 12.1. The normalized spacial score (nSPS) is 15.4. The van der Waals surface area contributed by atoms with E-state index in [9.17, 15) is 9.18 Å². The van der Waals surface area contributed by atoms with E-state index in [4.69, 9.17) is 0 Å². The van der Waals surface area contributed by atoms with E-state index in [0.717, 1.165) is 12.8 Å². The maximum Gasteiger partial charge on any atom is 0.239 e. The molecular weight excluding hydrogens is 303 g/mol. The third-order valence-corrected chi connectivity index (χ3v) is 4.95. The summed E-state index contributed by atoms with van der Waals surface area (Å²) < 4.78 is 13.5. The molecule has 0 saturated heterocycles. The zero-order valence-electron chi connectivity index (χ0n) is 13.9. The van der Waals surface area contributed by atoms with Gasteiger partial charge in [-0.05, 0) is 43.0 Å². The average molecular weight is 326 g/mol. The third-order valence-electron chi connectivity index (χ3n) is 4.95. The van der Waals surface area contributed by atoms with Gasteiger partial charge in [-0.2, -0.15) is 0 Å². The number of nitrogens with one attached hydrogen (secondary N) is 2. The lowest BCUT2D eigenvalue weighted by molar-refractivity contribution is -0.119. The molecule has 1 saturated carbocycles. The SMILES string of the molecule is Cc1ccc(NCC(=O)NCC2(c3ccccc3)CCC2)cc1F. The van der Waals surface area contributed by atoms with Gasteiger partial charge in [-0.1, -0.05) is 42.8 Å². The molecule has 1 amide bonds. The second-order valence-corrected chi connectivity index (χ2v) is 6.59. The van der Waals surface area contributed by atoms with Crippen molar-refractivity contribution in [2.45, 2.75) is 31.6 Å². The molecule has 0 unspecified atom stereocenters. The number of hydrogen-bond donors (Lipinski definition) is 2. The Balaban J connectivity index is 1.52. The van der Waals surface area contributed by atoms with Gasteiger partial charge in [-0.25, -0.2) is 4.39 Å². The van der Waals surface area contributed by atoms with Gasteiger partial charge in [0.15, 0.2) is 0 Å². The van der Waals surface area contributed by atoms with Gasteiger partial charge in [0.1, 0.15) is 5.82 Å². The largest absolute Gasteiger partial charge is 0.376 e. The fraction of sp³-hybridized carbons (Fsp3) is 0.350. The van der Waals surface area contributed by atoms with Crippen molar-refractivity contribution < 1.29 is 9.18 Å².